The van der Waals surface area contributed by atoms with Gasteiger partial charge in [0, 0.05) is 17.6 Å². The van der Waals surface area contributed by atoms with E-state index in [1.807, 2.05) is 45.3 Å². The fourth-order valence-electron chi connectivity index (χ4n) is 2.47. The van der Waals surface area contributed by atoms with Crippen molar-refractivity contribution in [3.63, 3.8) is 0 Å². The Labute approximate surface area is 149 Å². The van der Waals surface area contributed by atoms with Crippen LogP contribution in [0.4, 0.5) is 9.18 Å². The number of carbonyl (C=O) groups is 1. The van der Waals surface area contributed by atoms with E-state index in [0.717, 1.165) is 0 Å². The average molecular weight is 400 g/mol. The zero-order valence-electron chi connectivity index (χ0n) is 14.9. The molecular formula is C17H23BrFN3O2. The van der Waals surface area contributed by atoms with Crippen molar-refractivity contribution in [3.05, 3.63) is 28.2 Å². The predicted molar refractivity (Wildman–Crippen MR) is 95.5 cm³/mol. The van der Waals surface area contributed by atoms with Gasteiger partial charge in [-0.25, -0.2) is 14.2 Å². The molecule has 0 N–H and O–H groups in total. The second-order valence-electron chi connectivity index (χ2n) is 7.08. The number of imidazole rings is 1. The summed E-state index contributed by atoms with van der Waals surface area (Å²) in [5.41, 5.74) is 0.435. The van der Waals surface area contributed by atoms with Gasteiger partial charge in [-0.3, -0.25) is 0 Å². The molecule has 5 nitrogen and oxygen atoms in total. The van der Waals surface area contributed by atoms with Crippen LogP contribution in [-0.2, 0) is 11.3 Å². The lowest BCUT2D eigenvalue weighted by Crippen LogP contribution is -2.34. The summed E-state index contributed by atoms with van der Waals surface area (Å²) in [6.45, 7) is 9.67. The van der Waals surface area contributed by atoms with Crippen molar-refractivity contribution in [2.45, 2.75) is 52.8 Å². The summed E-state index contributed by atoms with van der Waals surface area (Å²) in [6.07, 6.45) is -0.438. The fraction of sp³-hybridized carbons (Fsp3) is 0.529. The van der Waals surface area contributed by atoms with Gasteiger partial charge < -0.3 is 14.2 Å². The van der Waals surface area contributed by atoms with Gasteiger partial charge in [-0.15, -0.1) is 0 Å². The van der Waals surface area contributed by atoms with Crippen LogP contribution in [0, 0.1) is 5.82 Å². The number of hydrogen-bond donors (Lipinski definition) is 0. The first-order chi connectivity index (χ1) is 11.0. The molecule has 1 amide bonds. The molecular weight excluding hydrogens is 377 g/mol. The van der Waals surface area contributed by atoms with Gasteiger partial charge in [0.05, 0.1) is 12.1 Å². The zero-order chi connectivity index (χ0) is 18.2. The van der Waals surface area contributed by atoms with Crippen LogP contribution in [0.5, 0.6) is 0 Å². The molecule has 0 aliphatic carbocycles. The molecule has 0 atom stereocenters. The number of nitrogens with zero attached hydrogens (tertiary/aromatic N) is 3. The molecule has 24 heavy (non-hydrogen) atoms. The summed E-state index contributed by atoms with van der Waals surface area (Å²) in [7, 11) is 1.64. The van der Waals surface area contributed by atoms with E-state index in [2.05, 4.69) is 20.9 Å². The fourth-order valence-corrected chi connectivity index (χ4v) is 2.89. The zero-order valence-corrected chi connectivity index (χ0v) is 16.4. The van der Waals surface area contributed by atoms with Crippen LogP contribution in [0.1, 0.15) is 46.5 Å². The van der Waals surface area contributed by atoms with Crippen molar-refractivity contribution in [2.75, 3.05) is 7.05 Å². The minimum atomic E-state index is -0.569. The summed E-state index contributed by atoms with van der Waals surface area (Å²) >= 11 is 3.32. The minimum absolute atomic E-state index is 0.0748. The van der Waals surface area contributed by atoms with E-state index in [-0.39, 0.29) is 18.4 Å². The third-order valence-corrected chi connectivity index (χ3v) is 3.84. The van der Waals surface area contributed by atoms with Crippen LogP contribution in [0.15, 0.2) is 16.6 Å². The van der Waals surface area contributed by atoms with Crippen LogP contribution in [0.25, 0.3) is 11.0 Å². The van der Waals surface area contributed by atoms with Gasteiger partial charge in [0.25, 0.3) is 0 Å². The maximum atomic E-state index is 14.2. The number of aromatic nitrogens is 2. The minimum Gasteiger partial charge on any atom is -0.444 e. The first-order valence-electron chi connectivity index (χ1n) is 7.79. The van der Waals surface area contributed by atoms with Crippen LogP contribution in [-0.4, -0.2) is 33.2 Å². The van der Waals surface area contributed by atoms with Crippen molar-refractivity contribution in [2.24, 2.45) is 0 Å². The Hall–Kier alpha value is -1.63. The van der Waals surface area contributed by atoms with Crippen LogP contribution in [0.3, 0.4) is 0 Å². The molecule has 0 radical (unpaired) electrons. The molecule has 2 rings (SSSR count). The highest BCUT2D eigenvalue weighted by atomic mass is 79.9. The molecule has 2 aromatic rings. The molecule has 0 spiro atoms. The Morgan fingerprint density at radius 2 is 2.04 bits per heavy atom. The second kappa shape index (κ2) is 6.70. The number of benzene rings is 1. The summed E-state index contributed by atoms with van der Waals surface area (Å²) in [4.78, 5) is 18.0. The molecule has 0 aliphatic rings. The quantitative estimate of drug-likeness (QED) is 0.738. The molecule has 0 saturated heterocycles. The van der Waals surface area contributed by atoms with Gasteiger partial charge >= 0.3 is 6.09 Å². The van der Waals surface area contributed by atoms with Crippen molar-refractivity contribution >= 4 is 33.1 Å². The Kier molecular flexibility index (Phi) is 5.22. The van der Waals surface area contributed by atoms with E-state index in [1.54, 1.807) is 7.05 Å². The third kappa shape index (κ3) is 4.06. The van der Waals surface area contributed by atoms with Gasteiger partial charge in [0.15, 0.2) is 5.82 Å². The normalized spacial score (nSPS) is 12.0. The Morgan fingerprint density at radius 1 is 1.42 bits per heavy atom. The SMILES string of the molecule is CC(C)n1c(CN(C)C(=O)OC(C)(C)C)nc2c(F)cc(Br)cc21. The van der Waals surface area contributed by atoms with Gasteiger partial charge in [0.2, 0.25) is 0 Å². The number of ether oxygens (including phenoxy) is 1. The first-order valence-corrected chi connectivity index (χ1v) is 8.59. The number of rotatable bonds is 3. The molecule has 7 heteroatoms. The molecule has 0 bridgehead atoms. The lowest BCUT2D eigenvalue weighted by Gasteiger charge is -2.25. The van der Waals surface area contributed by atoms with Gasteiger partial charge in [-0.05, 0) is 46.8 Å². The molecule has 1 heterocycles. The van der Waals surface area contributed by atoms with Crippen LogP contribution < -0.4 is 0 Å². The van der Waals surface area contributed by atoms with Crippen molar-refractivity contribution in [3.8, 4) is 0 Å². The largest absolute Gasteiger partial charge is 0.444 e. The number of fused-ring (bicyclic) bond motifs is 1. The van der Waals surface area contributed by atoms with E-state index in [0.29, 0.717) is 21.3 Å². The highest BCUT2D eigenvalue weighted by Gasteiger charge is 2.23. The highest BCUT2D eigenvalue weighted by Crippen LogP contribution is 2.27. The number of halogens is 2. The van der Waals surface area contributed by atoms with Crippen molar-refractivity contribution in [1.29, 1.82) is 0 Å². The molecule has 0 fully saturated rings. The molecule has 0 saturated carbocycles. The van der Waals surface area contributed by atoms with E-state index in [4.69, 9.17) is 4.74 Å². The summed E-state index contributed by atoms with van der Waals surface area (Å²) < 4.78 is 22.2. The molecule has 0 unspecified atom stereocenters. The lowest BCUT2D eigenvalue weighted by atomic mass is 10.2. The summed E-state index contributed by atoms with van der Waals surface area (Å²) in [5, 5.41) is 0. The topological polar surface area (TPSA) is 47.4 Å². The summed E-state index contributed by atoms with van der Waals surface area (Å²) in [5.74, 6) is 0.227. The average Bonchev–Trinajstić information content (AvgIpc) is 2.74. The number of carbonyl (C=O) groups excluding carboxylic acids is 1. The molecule has 1 aromatic carbocycles. The number of hydrogen-bond acceptors (Lipinski definition) is 3. The standard InChI is InChI=1S/C17H23BrFN3O2/c1-10(2)22-13-8-11(18)7-12(19)15(13)20-14(22)9-21(6)16(23)24-17(3,4)5/h7-8,10H,9H2,1-6H3. The molecule has 132 valence electrons. The van der Waals surface area contributed by atoms with Crippen LogP contribution >= 0.6 is 15.9 Å². The molecule has 1 aromatic heterocycles. The Bertz CT molecular complexity index is 765. The lowest BCUT2D eigenvalue weighted by molar-refractivity contribution is 0.0279. The van der Waals surface area contributed by atoms with E-state index >= 15 is 0 Å². The maximum absolute atomic E-state index is 14.2. The second-order valence-corrected chi connectivity index (χ2v) is 8.00. The smallest absolute Gasteiger partial charge is 0.410 e. The van der Waals surface area contributed by atoms with Crippen molar-refractivity contribution < 1.29 is 13.9 Å². The third-order valence-electron chi connectivity index (χ3n) is 3.39. The monoisotopic (exact) mass is 399 g/mol. The summed E-state index contributed by atoms with van der Waals surface area (Å²) in [6, 6.07) is 3.30. The highest BCUT2D eigenvalue weighted by molar-refractivity contribution is 9.10. The van der Waals surface area contributed by atoms with Crippen LogP contribution in [0.2, 0.25) is 0 Å². The first kappa shape index (κ1) is 18.7. The Balaban J connectivity index is 2.40. The van der Waals surface area contributed by atoms with Gasteiger partial charge in [-0.2, -0.15) is 0 Å². The predicted octanol–water partition coefficient (Wildman–Crippen LogP) is 4.89. The van der Waals surface area contributed by atoms with Gasteiger partial charge in [0.1, 0.15) is 16.9 Å². The van der Waals surface area contributed by atoms with Gasteiger partial charge in [-0.1, -0.05) is 15.9 Å². The molecule has 0 aliphatic heterocycles. The van der Waals surface area contributed by atoms with E-state index in [9.17, 15) is 9.18 Å². The van der Waals surface area contributed by atoms with E-state index in [1.165, 1.54) is 11.0 Å². The van der Waals surface area contributed by atoms with Crippen molar-refractivity contribution in [1.82, 2.24) is 14.5 Å². The maximum Gasteiger partial charge on any atom is 0.410 e. The van der Waals surface area contributed by atoms with E-state index < -0.39 is 11.7 Å². The number of amides is 1. The Morgan fingerprint density at radius 3 is 2.58 bits per heavy atom.